The van der Waals surface area contributed by atoms with Gasteiger partial charge in [-0.2, -0.15) is 8.78 Å². The standard InChI is InChI=1S/C10H11F3N2O2S/c1-6-8(5-15(2)16)17-10(14-6)18-4-3-7(11)9(12)13/h5H,3-4H2,1-2H3/b15-5-. The van der Waals surface area contributed by atoms with Crippen molar-refractivity contribution in [3.63, 3.8) is 0 Å². The summed E-state index contributed by atoms with van der Waals surface area (Å²) in [4.78, 5) is 3.98. The average molecular weight is 280 g/mol. The van der Waals surface area contributed by atoms with Crippen LogP contribution in [0.5, 0.6) is 0 Å². The van der Waals surface area contributed by atoms with Gasteiger partial charge in [-0.3, -0.25) is 0 Å². The Morgan fingerprint density at radius 2 is 2.17 bits per heavy atom. The van der Waals surface area contributed by atoms with Gasteiger partial charge in [0.15, 0.2) is 5.83 Å². The molecule has 1 aromatic rings. The first-order valence-corrected chi connectivity index (χ1v) is 5.93. The number of aryl methyl sites for hydroxylation is 1. The zero-order chi connectivity index (χ0) is 13.7. The van der Waals surface area contributed by atoms with Gasteiger partial charge in [0.05, 0.1) is 5.69 Å². The molecule has 0 unspecified atom stereocenters. The normalized spacial score (nSPS) is 11.7. The molecular weight excluding hydrogens is 269 g/mol. The zero-order valence-corrected chi connectivity index (χ0v) is 10.6. The zero-order valence-electron chi connectivity index (χ0n) is 9.74. The molecule has 0 fully saturated rings. The first-order valence-electron chi connectivity index (χ1n) is 4.95. The van der Waals surface area contributed by atoms with E-state index >= 15 is 0 Å². The number of oxazole rings is 1. The fourth-order valence-corrected chi connectivity index (χ4v) is 1.86. The summed E-state index contributed by atoms with van der Waals surface area (Å²) in [5.41, 5.74) is 0.507. The Balaban J connectivity index is 2.59. The van der Waals surface area contributed by atoms with Crippen LogP contribution in [-0.2, 0) is 0 Å². The second kappa shape index (κ2) is 6.48. The summed E-state index contributed by atoms with van der Waals surface area (Å²) in [5.74, 6) is -1.06. The fourth-order valence-electron chi connectivity index (χ4n) is 1.05. The maximum absolute atomic E-state index is 12.5. The topological polar surface area (TPSA) is 52.1 Å². The van der Waals surface area contributed by atoms with Gasteiger partial charge >= 0.3 is 6.08 Å². The maximum atomic E-state index is 12.5. The van der Waals surface area contributed by atoms with Gasteiger partial charge in [-0.25, -0.2) is 14.1 Å². The van der Waals surface area contributed by atoms with Crippen LogP contribution in [0, 0.1) is 12.1 Å². The molecule has 4 nitrogen and oxygen atoms in total. The van der Waals surface area contributed by atoms with Crippen LogP contribution in [0.4, 0.5) is 13.2 Å². The minimum Gasteiger partial charge on any atom is -0.624 e. The summed E-state index contributed by atoms with van der Waals surface area (Å²) in [6, 6.07) is 0. The van der Waals surface area contributed by atoms with Gasteiger partial charge in [-0.05, 0) is 6.92 Å². The molecule has 0 radical (unpaired) electrons. The number of hydrogen-bond acceptors (Lipinski definition) is 4. The molecule has 0 aliphatic heterocycles. The summed E-state index contributed by atoms with van der Waals surface area (Å²) in [7, 11) is 1.29. The van der Waals surface area contributed by atoms with E-state index in [1.807, 2.05) is 0 Å². The minimum atomic E-state index is -2.30. The van der Waals surface area contributed by atoms with Gasteiger partial charge in [0, 0.05) is 12.2 Å². The van der Waals surface area contributed by atoms with E-state index in [-0.39, 0.29) is 11.0 Å². The molecule has 0 saturated heterocycles. The Kier molecular flexibility index (Phi) is 5.26. The van der Waals surface area contributed by atoms with Gasteiger partial charge in [0.1, 0.15) is 7.05 Å². The molecule has 0 aromatic carbocycles. The number of hydroxylamine groups is 1. The highest BCUT2D eigenvalue weighted by Crippen LogP contribution is 2.23. The number of aromatic nitrogens is 1. The average Bonchev–Trinajstić information content (AvgIpc) is 2.58. The second-order valence-electron chi connectivity index (χ2n) is 3.37. The number of nitrogens with zero attached hydrogens (tertiary/aromatic N) is 2. The van der Waals surface area contributed by atoms with Crippen molar-refractivity contribution in [3.8, 4) is 0 Å². The van der Waals surface area contributed by atoms with Crippen molar-refractivity contribution in [1.82, 2.24) is 4.98 Å². The number of halogens is 3. The molecule has 0 spiro atoms. The summed E-state index contributed by atoms with van der Waals surface area (Å²) >= 11 is 1.00. The number of allylic oxidation sites excluding steroid dienone is 1. The Labute approximate surface area is 106 Å². The third kappa shape index (κ3) is 4.44. The first-order chi connectivity index (χ1) is 8.40. The summed E-state index contributed by atoms with van der Waals surface area (Å²) < 4.78 is 41.8. The highest BCUT2D eigenvalue weighted by atomic mass is 32.2. The van der Waals surface area contributed by atoms with Crippen molar-refractivity contribution < 1.29 is 22.3 Å². The first kappa shape index (κ1) is 14.6. The van der Waals surface area contributed by atoms with Gasteiger partial charge in [0.2, 0.25) is 12.0 Å². The van der Waals surface area contributed by atoms with Crippen molar-refractivity contribution in [3.05, 3.63) is 28.6 Å². The molecule has 18 heavy (non-hydrogen) atoms. The van der Waals surface area contributed by atoms with Crippen LogP contribution in [0.1, 0.15) is 17.9 Å². The Morgan fingerprint density at radius 3 is 2.72 bits per heavy atom. The highest BCUT2D eigenvalue weighted by molar-refractivity contribution is 7.99. The van der Waals surface area contributed by atoms with Crippen molar-refractivity contribution in [2.45, 2.75) is 18.6 Å². The summed E-state index contributed by atoms with van der Waals surface area (Å²) in [5, 5.41) is 11.0. The number of hydrogen-bond donors (Lipinski definition) is 0. The Morgan fingerprint density at radius 1 is 1.50 bits per heavy atom. The second-order valence-corrected chi connectivity index (χ2v) is 4.41. The monoisotopic (exact) mass is 280 g/mol. The van der Waals surface area contributed by atoms with E-state index in [4.69, 9.17) is 4.42 Å². The molecule has 0 aliphatic rings. The smallest absolute Gasteiger partial charge is 0.301 e. The molecule has 100 valence electrons. The predicted molar refractivity (Wildman–Crippen MR) is 61.6 cm³/mol. The summed E-state index contributed by atoms with van der Waals surface area (Å²) in [6.45, 7) is 1.64. The molecule has 0 bridgehead atoms. The molecule has 1 rings (SSSR count). The van der Waals surface area contributed by atoms with Crippen molar-refractivity contribution in [2.75, 3.05) is 12.8 Å². The summed E-state index contributed by atoms with van der Waals surface area (Å²) in [6.07, 6.45) is -1.50. The van der Waals surface area contributed by atoms with Crippen LogP contribution in [-0.4, -0.2) is 28.7 Å². The molecule has 0 atom stereocenters. The van der Waals surface area contributed by atoms with Crippen LogP contribution < -0.4 is 0 Å². The largest absolute Gasteiger partial charge is 0.624 e. The van der Waals surface area contributed by atoms with E-state index in [1.54, 1.807) is 6.92 Å². The minimum absolute atomic E-state index is 0.0791. The van der Waals surface area contributed by atoms with E-state index < -0.39 is 18.3 Å². The maximum Gasteiger partial charge on any atom is 0.301 e. The number of rotatable bonds is 5. The van der Waals surface area contributed by atoms with Crippen LogP contribution in [0.3, 0.4) is 0 Å². The fraction of sp³-hybridized carbons (Fsp3) is 0.400. The lowest BCUT2D eigenvalue weighted by atomic mass is 10.4. The lowest BCUT2D eigenvalue weighted by molar-refractivity contribution is -0.417. The lowest BCUT2D eigenvalue weighted by Gasteiger charge is -1.94. The molecular formula is C10H11F3N2O2S. The molecule has 0 N–H and O–H groups in total. The molecule has 8 heteroatoms. The molecule has 0 saturated carbocycles. The quantitative estimate of drug-likeness (QED) is 0.273. The predicted octanol–water partition coefficient (Wildman–Crippen LogP) is 3.10. The SMILES string of the molecule is Cc1nc(SCCC(F)=C(F)F)oc1/C=[N+](/C)[O-]. The molecule has 1 aromatic heterocycles. The Hall–Kier alpha value is -1.44. The molecule has 0 aliphatic carbocycles. The third-order valence-corrected chi connectivity index (χ3v) is 2.69. The van der Waals surface area contributed by atoms with Crippen LogP contribution in [0.2, 0.25) is 0 Å². The lowest BCUT2D eigenvalue weighted by Crippen LogP contribution is -1.97. The molecule has 1 heterocycles. The molecule has 0 amide bonds. The van der Waals surface area contributed by atoms with E-state index in [0.29, 0.717) is 16.2 Å². The highest BCUT2D eigenvalue weighted by Gasteiger charge is 2.12. The van der Waals surface area contributed by atoms with Crippen molar-refractivity contribution in [1.29, 1.82) is 0 Å². The van der Waals surface area contributed by atoms with Crippen molar-refractivity contribution >= 4 is 18.0 Å². The Bertz CT molecular complexity index is 477. The third-order valence-electron chi connectivity index (χ3n) is 1.86. The van der Waals surface area contributed by atoms with E-state index in [1.165, 1.54) is 13.3 Å². The van der Waals surface area contributed by atoms with E-state index in [9.17, 15) is 18.4 Å². The van der Waals surface area contributed by atoms with Crippen LogP contribution in [0.25, 0.3) is 0 Å². The van der Waals surface area contributed by atoms with Crippen LogP contribution in [0.15, 0.2) is 21.5 Å². The van der Waals surface area contributed by atoms with Crippen LogP contribution >= 0.6 is 11.8 Å². The van der Waals surface area contributed by atoms with Crippen molar-refractivity contribution in [2.24, 2.45) is 0 Å². The van der Waals surface area contributed by atoms with E-state index in [0.717, 1.165) is 11.8 Å². The number of thioether (sulfide) groups is 1. The van der Waals surface area contributed by atoms with Gasteiger partial charge in [-0.15, -0.1) is 0 Å². The van der Waals surface area contributed by atoms with Gasteiger partial charge in [0.25, 0.3) is 5.22 Å². The van der Waals surface area contributed by atoms with Gasteiger partial charge < -0.3 is 9.62 Å². The van der Waals surface area contributed by atoms with E-state index in [2.05, 4.69) is 4.98 Å². The van der Waals surface area contributed by atoms with Gasteiger partial charge in [-0.1, -0.05) is 11.8 Å².